The Kier molecular flexibility index (Phi) is 9.79. The molecule has 2 amide bonds. The number of sulfonamides is 1. The van der Waals surface area contributed by atoms with E-state index in [4.69, 9.17) is 16.3 Å². The van der Waals surface area contributed by atoms with Gasteiger partial charge in [-0.15, -0.1) is 0 Å². The lowest BCUT2D eigenvalue weighted by molar-refractivity contribution is -0.141. The van der Waals surface area contributed by atoms with Crippen LogP contribution in [0.2, 0.25) is 5.02 Å². The van der Waals surface area contributed by atoms with Crippen molar-refractivity contribution in [1.82, 2.24) is 10.2 Å². The lowest BCUT2D eigenvalue weighted by atomic mass is 10.0. The third-order valence-corrected chi connectivity index (χ3v) is 6.94. The molecule has 0 radical (unpaired) electrons. The number of amides is 2. The molecule has 0 aliphatic carbocycles. The van der Waals surface area contributed by atoms with E-state index in [2.05, 4.69) is 5.32 Å². The molecule has 0 aliphatic rings. The fourth-order valence-electron chi connectivity index (χ4n) is 3.80. The number of nitrogens with zero attached hydrogens (tertiary/aromatic N) is 2. The van der Waals surface area contributed by atoms with Crippen LogP contribution in [0.5, 0.6) is 5.75 Å². The normalized spacial score (nSPS) is 12.6. The van der Waals surface area contributed by atoms with E-state index >= 15 is 0 Å². The molecule has 2 aromatic rings. The fraction of sp³-hybridized carbons (Fsp3) is 0.462. The Bertz CT molecular complexity index is 1190. The van der Waals surface area contributed by atoms with Gasteiger partial charge in [-0.1, -0.05) is 42.8 Å². The quantitative estimate of drug-likeness (QED) is 0.491. The van der Waals surface area contributed by atoms with Gasteiger partial charge in [0.15, 0.2) is 0 Å². The van der Waals surface area contributed by atoms with Crippen molar-refractivity contribution >= 4 is 39.1 Å². The molecule has 8 nitrogen and oxygen atoms in total. The van der Waals surface area contributed by atoms with Gasteiger partial charge in [-0.05, 0) is 63.4 Å². The number of benzene rings is 2. The smallest absolute Gasteiger partial charge is 0.244 e. The summed E-state index contributed by atoms with van der Waals surface area (Å²) in [5.41, 5.74) is 1.45. The number of halogens is 1. The maximum absolute atomic E-state index is 13.8. The van der Waals surface area contributed by atoms with Crippen molar-refractivity contribution in [2.75, 3.05) is 24.2 Å². The first kappa shape index (κ1) is 29.5. The van der Waals surface area contributed by atoms with Gasteiger partial charge in [-0.2, -0.15) is 0 Å². The van der Waals surface area contributed by atoms with Gasteiger partial charge < -0.3 is 15.0 Å². The summed E-state index contributed by atoms with van der Waals surface area (Å²) >= 11 is 6.14. The van der Waals surface area contributed by atoms with E-state index in [1.54, 1.807) is 6.07 Å². The van der Waals surface area contributed by atoms with Gasteiger partial charge in [0.25, 0.3) is 0 Å². The summed E-state index contributed by atoms with van der Waals surface area (Å²) in [6.07, 6.45) is 1.36. The highest BCUT2D eigenvalue weighted by molar-refractivity contribution is 7.92. The topological polar surface area (TPSA) is 96.0 Å². The molecule has 0 aromatic heterocycles. The third-order valence-electron chi connectivity index (χ3n) is 5.57. The minimum absolute atomic E-state index is 0.142. The number of ether oxygens (including phenoxy) is 1. The van der Waals surface area contributed by atoms with Crippen LogP contribution in [0.1, 0.15) is 45.2 Å². The van der Waals surface area contributed by atoms with Crippen molar-refractivity contribution in [1.29, 1.82) is 0 Å². The molecule has 2 rings (SSSR count). The molecule has 1 atom stereocenters. The molecule has 198 valence electrons. The van der Waals surface area contributed by atoms with Crippen LogP contribution in [-0.2, 0) is 26.2 Å². The summed E-state index contributed by atoms with van der Waals surface area (Å²) < 4.78 is 31.9. The molecule has 1 unspecified atom stereocenters. The summed E-state index contributed by atoms with van der Waals surface area (Å²) in [7, 11) is -2.51. The number of nitrogens with one attached hydrogen (secondary N) is 1. The molecule has 0 bridgehead atoms. The third kappa shape index (κ3) is 7.86. The molecule has 0 saturated heterocycles. The second kappa shape index (κ2) is 12.0. The number of carbonyl (C=O) groups is 2. The summed E-state index contributed by atoms with van der Waals surface area (Å²) in [4.78, 5) is 28.5. The van der Waals surface area contributed by atoms with E-state index in [1.165, 1.54) is 24.1 Å². The maximum Gasteiger partial charge on any atom is 0.244 e. The maximum atomic E-state index is 13.8. The van der Waals surface area contributed by atoms with Gasteiger partial charge in [0.05, 0.1) is 19.1 Å². The largest absolute Gasteiger partial charge is 0.495 e. The van der Waals surface area contributed by atoms with Gasteiger partial charge >= 0.3 is 0 Å². The van der Waals surface area contributed by atoms with Crippen molar-refractivity contribution in [3.63, 3.8) is 0 Å². The second-order valence-corrected chi connectivity index (χ2v) is 12.0. The molecule has 1 N–H and O–H groups in total. The standard InChI is InChI=1S/C26H36ClN3O5S/c1-8-21(25(32)28-26(3,4)5)29(16-19-12-10-9-11-18(19)2)24(31)17-30(36(7,33)34)22-15-20(27)13-14-23(22)35-6/h9-15,21H,8,16-17H2,1-7H3,(H,28,32). The molecule has 2 aromatic carbocycles. The van der Waals surface area contributed by atoms with Crippen molar-refractivity contribution in [3.8, 4) is 5.75 Å². The minimum atomic E-state index is -3.91. The summed E-state index contributed by atoms with van der Waals surface area (Å²) in [6.45, 7) is 8.95. The fourth-order valence-corrected chi connectivity index (χ4v) is 4.81. The molecular weight excluding hydrogens is 502 g/mol. The number of hydrogen-bond acceptors (Lipinski definition) is 5. The van der Waals surface area contributed by atoms with Gasteiger partial charge in [-0.3, -0.25) is 13.9 Å². The number of anilines is 1. The zero-order valence-electron chi connectivity index (χ0n) is 22.0. The first-order valence-electron chi connectivity index (χ1n) is 11.6. The first-order valence-corrected chi connectivity index (χ1v) is 13.9. The number of hydrogen-bond donors (Lipinski definition) is 1. The van der Waals surface area contributed by atoms with E-state index < -0.39 is 34.1 Å². The lowest BCUT2D eigenvalue weighted by Gasteiger charge is -2.35. The molecule has 36 heavy (non-hydrogen) atoms. The van der Waals surface area contributed by atoms with Crippen LogP contribution >= 0.6 is 11.6 Å². The predicted molar refractivity (Wildman–Crippen MR) is 144 cm³/mol. The highest BCUT2D eigenvalue weighted by atomic mass is 35.5. The Labute approximate surface area is 219 Å². The SMILES string of the molecule is CCC(C(=O)NC(C)(C)C)N(Cc1ccccc1C)C(=O)CN(c1cc(Cl)ccc1OC)S(C)(=O)=O. The highest BCUT2D eigenvalue weighted by Crippen LogP contribution is 2.33. The van der Waals surface area contributed by atoms with Crippen molar-refractivity contribution in [2.24, 2.45) is 0 Å². The minimum Gasteiger partial charge on any atom is -0.495 e. The monoisotopic (exact) mass is 537 g/mol. The Morgan fingerprint density at radius 2 is 1.78 bits per heavy atom. The second-order valence-electron chi connectivity index (χ2n) is 9.70. The number of methoxy groups -OCH3 is 1. The van der Waals surface area contributed by atoms with E-state index in [9.17, 15) is 18.0 Å². The Morgan fingerprint density at radius 1 is 1.14 bits per heavy atom. The Balaban J connectivity index is 2.55. The van der Waals surface area contributed by atoms with Crippen LogP contribution in [0.4, 0.5) is 5.69 Å². The van der Waals surface area contributed by atoms with Crippen LogP contribution in [0.3, 0.4) is 0 Å². The first-order chi connectivity index (χ1) is 16.7. The Morgan fingerprint density at radius 3 is 2.31 bits per heavy atom. The van der Waals surface area contributed by atoms with Crippen LogP contribution in [0.15, 0.2) is 42.5 Å². The zero-order chi connectivity index (χ0) is 27.3. The molecule has 10 heteroatoms. The lowest BCUT2D eigenvalue weighted by Crippen LogP contribution is -2.55. The van der Waals surface area contributed by atoms with E-state index in [1.807, 2.05) is 58.9 Å². The Hall–Kier alpha value is -2.78. The summed E-state index contributed by atoms with van der Waals surface area (Å²) in [5, 5.41) is 3.24. The predicted octanol–water partition coefficient (Wildman–Crippen LogP) is 4.15. The van der Waals surface area contributed by atoms with Crippen molar-refractivity contribution in [2.45, 2.75) is 59.2 Å². The van der Waals surface area contributed by atoms with Gasteiger partial charge in [0.2, 0.25) is 21.8 Å². The molecular formula is C26H36ClN3O5S. The number of aryl methyl sites for hydroxylation is 1. The van der Waals surface area contributed by atoms with Crippen LogP contribution in [0.25, 0.3) is 0 Å². The summed E-state index contributed by atoms with van der Waals surface area (Å²) in [5.74, 6) is -0.583. The zero-order valence-corrected chi connectivity index (χ0v) is 23.5. The van der Waals surface area contributed by atoms with Crippen molar-refractivity contribution in [3.05, 3.63) is 58.6 Å². The molecule has 0 fully saturated rings. The van der Waals surface area contributed by atoms with Gasteiger partial charge in [0, 0.05) is 17.1 Å². The molecule has 0 aliphatic heterocycles. The molecule has 0 saturated carbocycles. The molecule has 0 spiro atoms. The van der Waals surface area contributed by atoms with Gasteiger partial charge in [-0.25, -0.2) is 8.42 Å². The van der Waals surface area contributed by atoms with Crippen LogP contribution in [-0.4, -0.2) is 56.6 Å². The average Bonchev–Trinajstić information content (AvgIpc) is 2.76. The van der Waals surface area contributed by atoms with Crippen LogP contribution < -0.4 is 14.4 Å². The molecule has 0 heterocycles. The van der Waals surface area contributed by atoms with Crippen LogP contribution in [0, 0.1) is 6.92 Å². The highest BCUT2D eigenvalue weighted by Gasteiger charge is 2.34. The van der Waals surface area contributed by atoms with Crippen molar-refractivity contribution < 1.29 is 22.7 Å². The van der Waals surface area contributed by atoms with E-state index in [0.717, 1.165) is 21.7 Å². The average molecular weight is 538 g/mol. The number of rotatable bonds is 10. The summed E-state index contributed by atoms with van der Waals surface area (Å²) in [6, 6.07) is 11.3. The number of carbonyl (C=O) groups excluding carboxylic acids is 2. The van der Waals surface area contributed by atoms with E-state index in [0.29, 0.717) is 11.4 Å². The van der Waals surface area contributed by atoms with Gasteiger partial charge in [0.1, 0.15) is 18.3 Å². The van der Waals surface area contributed by atoms with E-state index in [-0.39, 0.29) is 23.9 Å².